The second-order valence-electron chi connectivity index (χ2n) is 4.58. The summed E-state index contributed by atoms with van der Waals surface area (Å²) < 4.78 is 43.9. The standard InChI is InChI=1S/C12H13F3N6O2/c1-4-23-9(22)8-7(5-6-20(2)3)21-11(18-17-8)16-10(19-21)12(13,14)15/h5-6H,4H2,1-3H3/b6-5+. The van der Waals surface area contributed by atoms with Crippen molar-refractivity contribution >= 4 is 17.8 Å². The van der Waals surface area contributed by atoms with Crippen LogP contribution in [0, 0.1) is 0 Å². The van der Waals surface area contributed by atoms with Crippen molar-refractivity contribution in [2.45, 2.75) is 13.1 Å². The molecule has 2 heterocycles. The number of alkyl halides is 3. The zero-order valence-corrected chi connectivity index (χ0v) is 12.5. The molecule has 0 bridgehead atoms. The van der Waals surface area contributed by atoms with Crippen LogP contribution in [0.3, 0.4) is 0 Å². The van der Waals surface area contributed by atoms with E-state index >= 15 is 0 Å². The first-order chi connectivity index (χ1) is 10.7. The van der Waals surface area contributed by atoms with Crippen molar-refractivity contribution in [1.29, 1.82) is 0 Å². The Bertz CT molecular complexity index is 753. The fourth-order valence-corrected chi connectivity index (χ4v) is 1.61. The van der Waals surface area contributed by atoms with Crippen LogP contribution < -0.4 is 0 Å². The molecule has 0 atom stereocenters. The molecule has 0 N–H and O–H groups in total. The summed E-state index contributed by atoms with van der Waals surface area (Å²) in [5.41, 5.74) is -0.263. The Kier molecular flexibility index (Phi) is 4.48. The van der Waals surface area contributed by atoms with Crippen LogP contribution in [-0.2, 0) is 10.9 Å². The molecule has 2 rings (SSSR count). The van der Waals surface area contributed by atoms with E-state index in [9.17, 15) is 18.0 Å². The largest absolute Gasteiger partial charge is 0.461 e. The normalized spacial score (nSPS) is 12.1. The van der Waals surface area contributed by atoms with Crippen molar-refractivity contribution in [3.8, 4) is 0 Å². The highest BCUT2D eigenvalue weighted by atomic mass is 19.4. The van der Waals surface area contributed by atoms with E-state index in [-0.39, 0.29) is 23.8 Å². The predicted molar refractivity (Wildman–Crippen MR) is 72.3 cm³/mol. The number of nitrogens with zero attached hydrogens (tertiary/aromatic N) is 6. The molecular weight excluding hydrogens is 317 g/mol. The van der Waals surface area contributed by atoms with E-state index in [4.69, 9.17) is 4.74 Å². The van der Waals surface area contributed by atoms with Gasteiger partial charge in [-0.15, -0.1) is 15.3 Å². The SMILES string of the molecule is CCOC(=O)c1nnc2nc(C(F)(F)F)nn2c1/C=C/N(C)C. The number of aromatic nitrogens is 5. The van der Waals surface area contributed by atoms with Gasteiger partial charge in [-0.3, -0.25) is 0 Å². The molecule has 2 aromatic heterocycles. The van der Waals surface area contributed by atoms with Crippen LogP contribution in [0.2, 0.25) is 0 Å². The number of halogens is 3. The number of hydrogen-bond donors (Lipinski definition) is 0. The van der Waals surface area contributed by atoms with Gasteiger partial charge in [0, 0.05) is 20.3 Å². The number of carbonyl (C=O) groups is 1. The molecule has 0 saturated carbocycles. The van der Waals surface area contributed by atoms with Gasteiger partial charge in [0.2, 0.25) is 0 Å². The average Bonchev–Trinajstić information content (AvgIpc) is 2.88. The Morgan fingerprint density at radius 3 is 2.61 bits per heavy atom. The van der Waals surface area contributed by atoms with Gasteiger partial charge in [-0.1, -0.05) is 0 Å². The Labute approximate surface area is 128 Å². The number of ether oxygens (including phenoxy) is 1. The van der Waals surface area contributed by atoms with E-state index in [1.165, 1.54) is 12.3 Å². The highest BCUT2D eigenvalue weighted by Crippen LogP contribution is 2.26. The maximum absolute atomic E-state index is 12.7. The predicted octanol–water partition coefficient (Wildman–Crippen LogP) is 1.25. The molecule has 0 aliphatic heterocycles. The Balaban J connectivity index is 2.67. The van der Waals surface area contributed by atoms with Gasteiger partial charge in [-0.05, 0) is 13.0 Å². The van der Waals surface area contributed by atoms with Gasteiger partial charge in [0.25, 0.3) is 11.6 Å². The molecule has 11 heteroatoms. The summed E-state index contributed by atoms with van der Waals surface area (Å²) >= 11 is 0. The maximum Gasteiger partial charge on any atom is 0.453 e. The summed E-state index contributed by atoms with van der Waals surface area (Å²) in [6.07, 6.45) is -1.84. The molecule has 0 saturated heterocycles. The van der Waals surface area contributed by atoms with Crippen LogP contribution in [0.25, 0.3) is 11.9 Å². The molecule has 0 aliphatic carbocycles. The van der Waals surface area contributed by atoms with Crippen molar-refractivity contribution in [2.75, 3.05) is 20.7 Å². The first kappa shape index (κ1) is 16.6. The van der Waals surface area contributed by atoms with Crippen LogP contribution in [0.5, 0.6) is 0 Å². The Morgan fingerprint density at radius 2 is 2.04 bits per heavy atom. The fourth-order valence-electron chi connectivity index (χ4n) is 1.61. The molecule has 0 unspecified atom stereocenters. The monoisotopic (exact) mass is 330 g/mol. The van der Waals surface area contributed by atoms with Gasteiger partial charge in [-0.2, -0.15) is 22.7 Å². The van der Waals surface area contributed by atoms with E-state index in [1.807, 2.05) is 0 Å². The molecular formula is C12H13F3N6O2. The van der Waals surface area contributed by atoms with Gasteiger partial charge in [-0.25, -0.2) is 4.79 Å². The third kappa shape index (κ3) is 3.55. The zero-order valence-electron chi connectivity index (χ0n) is 12.5. The van der Waals surface area contributed by atoms with Crippen LogP contribution >= 0.6 is 0 Å². The van der Waals surface area contributed by atoms with Crippen molar-refractivity contribution in [2.24, 2.45) is 0 Å². The lowest BCUT2D eigenvalue weighted by Gasteiger charge is -2.07. The highest BCUT2D eigenvalue weighted by molar-refractivity contribution is 5.90. The van der Waals surface area contributed by atoms with Gasteiger partial charge in [0.05, 0.1) is 6.61 Å². The minimum absolute atomic E-state index is 0.00912. The minimum Gasteiger partial charge on any atom is -0.461 e. The van der Waals surface area contributed by atoms with Crippen LogP contribution in [0.15, 0.2) is 6.20 Å². The number of hydrogen-bond acceptors (Lipinski definition) is 7. The second kappa shape index (κ2) is 6.18. The number of fused-ring (bicyclic) bond motifs is 1. The lowest BCUT2D eigenvalue weighted by atomic mass is 10.3. The lowest BCUT2D eigenvalue weighted by Crippen LogP contribution is -2.15. The van der Waals surface area contributed by atoms with Crippen molar-refractivity contribution < 1.29 is 22.7 Å². The Morgan fingerprint density at radius 1 is 1.35 bits per heavy atom. The van der Waals surface area contributed by atoms with E-state index in [1.54, 1.807) is 25.9 Å². The first-order valence-electron chi connectivity index (χ1n) is 6.46. The summed E-state index contributed by atoms with van der Waals surface area (Å²) in [6, 6.07) is 0. The molecule has 124 valence electrons. The van der Waals surface area contributed by atoms with Crippen LogP contribution in [0.1, 0.15) is 28.9 Å². The summed E-state index contributed by atoms with van der Waals surface area (Å²) in [5.74, 6) is -2.56. The second-order valence-corrected chi connectivity index (χ2v) is 4.58. The molecule has 8 nitrogen and oxygen atoms in total. The van der Waals surface area contributed by atoms with E-state index in [0.29, 0.717) is 0 Å². The quantitative estimate of drug-likeness (QED) is 0.780. The lowest BCUT2D eigenvalue weighted by molar-refractivity contribution is -0.144. The Hall–Kier alpha value is -2.72. The number of esters is 1. The number of carbonyl (C=O) groups excluding carboxylic acids is 1. The van der Waals surface area contributed by atoms with Crippen LogP contribution in [0.4, 0.5) is 13.2 Å². The third-order valence-electron chi connectivity index (χ3n) is 2.55. The molecule has 0 spiro atoms. The van der Waals surface area contributed by atoms with Crippen molar-refractivity contribution in [3.63, 3.8) is 0 Å². The smallest absolute Gasteiger partial charge is 0.453 e. The van der Waals surface area contributed by atoms with E-state index in [0.717, 1.165) is 4.52 Å². The van der Waals surface area contributed by atoms with Crippen molar-refractivity contribution in [1.82, 2.24) is 29.7 Å². The molecule has 23 heavy (non-hydrogen) atoms. The average molecular weight is 330 g/mol. The highest BCUT2D eigenvalue weighted by Gasteiger charge is 2.37. The molecule has 2 aromatic rings. The van der Waals surface area contributed by atoms with Gasteiger partial charge >= 0.3 is 12.1 Å². The molecule has 0 fully saturated rings. The van der Waals surface area contributed by atoms with Crippen LogP contribution in [-0.4, -0.2) is 56.4 Å². The minimum atomic E-state index is -4.74. The third-order valence-corrected chi connectivity index (χ3v) is 2.55. The molecule has 0 aromatic carbocycles. The summed E-state index contributed by atoms with van der Waals surface area (Å²) in [7, 11) is 3.41. The summed E-state index contributed by atoms with van der Waals surface area (Å²) in [6.45, 7) is 1.68. The van der Waals surface area contributed by atoms with E-state index < -0.39 is 18.0 Å². The van der Waals surface area contributed by atoms with Crippen molar-refractivity contribution in [3.05, 3.63) is 23.4 Å². The zero-order chi connectivity index (χ0) is 17.2. The number of rotatable bonds is 4. The summed E-state index contributed by atoms with van der Waals surface area (Å²) in [5, 5.41) is 10.5. The fraction of sp³-hybridized carbons (Fsp3) is 0.417. The topological polar surface area (TPSA) is 85.5 Å². The van der Waals surface area contributed by atoms with Gasteiger partial charge in [0.15, 0.2) is 5.69 Å². The molecule has 0 amide bonds. The molecule has 0 aliphatic rings. The maximum atomic E-state index is 12.7. The molecule has 0 radical (unpaired) electrons. The van der Waals surface area contributed by atoms with E-state index in [2.05, 4.69) is 20.3 Å². The summed E-state index contributed by atoms with van der Waals surface area (Å²) in [4.78, 5) is 16.8. The first-order valence-corrected chi connectivity index (χ1v) is 6.46. The van der Waals surface area contributed by atoms with Gasteiger partial charge in [0.1, 0.15) is 5.69 Å². The van der Waals surface area contributed by atoms with Gasteiger partial charge < -0.3 is 9.64 Å².